The second-order valence-corrected chi connectivity index (χ2v) is 7.21. The van der Waals surface area contributed by atoms with E-state index in [2.05, 4.69) is 46.5 Å². The molecule has 144 valence electrons. The highest BCUT2D eigenvalue weighted by Gasteiger charge is 2.07. The van der Waals surface area contributed by atoms with Gasteiger partial charge in [0.05, 0.1) is 17.9 Å². The van der Waals surface area contributed by atoms with Gasteiger partial charge in [0.15, 0.2) is 5.95 Å². The van der Waals surface area contributed by atoms with Crippen LogP contribution in [0.15, 0.2) is 29.1 Å². The van der Waals surface area contributed by atoms with Crippen molar-refractivity contribution in [2.24, 2.45) is 0 Å². The molecule has 27 heavy (non-hydrogen) atoms. The SMILES string of the molecule is Nc1nc(CCCCCc2cn(CCNC(=O)c3cc(Br)c[nH]3)nn2)c[nH]1. The number of rotatable bonds is 10. The minimum absolute atomic E-state index is 0.139. The number of nitrogen functional groups attached to an aromatic ring is 1. The number of anilines is 1. The molecule has 0 aliphatic rings. The van der Waals surface area contributed by atoms with Crippen LogP contribution in [0.2, 0.25) is 0 Å². The van der Waals surface area contributed by atoms with Crippen LogP contribution in [0.25, 0.3) is 0 Å². The van der Waals surface area contributed by atoms with Crippen molar-refractivity contribution in [3.8, 4) is 0 Å². The molecule has 0 saturated carbocycles. The van der Waals surface area contributed by atoms with Gasteiger partial charge in [-0.2, -0.15) is 0 Å². The highest BCUT2D eigenvalue weighted by atomic mass is 79.9. The Bertz CT molecular complexity index is 868. The number of imidazole rings is 1. The van der Waals surface area contributed by atoms with Gasteiger partial charge in [-0.1, -0.05) is 11.6 Å². The van der Waals surface area contributed by atoms with E-state index in [1.54, 1.807) is 16.9 Å². The number of unbranched alkanes of at least 4 members (excludes halogenated alkanes) is 2. The number of nitrogens with zero attached hydrogens (tertiary/aromatic N) is 4. The fraction of sp³-hybridized carbons (Fsp3) is 0.412. The van der Waals surface area contributed by atoms with Crippen molar-refractivity contribution in [1.29, 1.82) is 0 Å². The molecule has 9 nitrogen and oxygen atoms in total. The maximum atomic E-state index is 11.9. The Balaban J connectivity index is 1.30. The number of carbonyl (C=O) groups is 1. The lowest BCUT2D eigenvalue weighted by Crippen LogP contribution is -2.27. The lowest BCUT2D eigenvalue weighted by atomic mass is 10.1. The van der Waals surface area contributed by atoms with Crippen molar-refractivity contribution < 1.29 is 4.79 Å². The van der Waals surface area contributed by atoms with Crippen molar-refractivity contribution in [2.75, 3.05) is 12.3 Å². The summed E-state index contributed by atoms with van der Waals surface area (Å²) in [6.45, 7) is 1.08. The van der Waals surface area contributed by atoms with Crippen LogP contribution >= 0.6 is 15.9 Å². The van der Waals surface area contributed by atoms with E-state index in [9.17, 15) is 4.79 Å². The molecule has 0 atom stereocenters. The van der Waals surface area contributed by atoms with Crippen LogP contribution in [-0.4, -0.2) is 42.4 Å². The minimum atomic E-state index is -0.139. The summed E-state index contributed by atoms with van der Waals surface area (Å²) < 4.78 is 2.61. The average molecular weight is 435 g/mol. The van der Waals surface area contributed by atoms with Crippen LogP contribution in [0, 0.1) is 0 Å². The molecule has 3 aromatic rings. The standard InChI is InChI=1S/C17H23BrN8O/c18-12-8-15(21-9-12)16(27)20-6-7-26-11-14(24-25-26)5-3-1-2-4-13-10-22-17(19)23-13/h8-11,21H,1-7H2,(H,20,27)(H3,19,22,23). The lowest BCUT2D eigenvalue weighted by Gasteiger charge is -2.03. The first-order chi connectivity index (χ1) is 13.1. The van der Waals surface area contributed by atoms with E-state index < -0.39 is 0 Å². The van der Waals surface area contributed by atoms with Crippen molar-refractivity contribution in [3.63, 3.8) is 0 Å². The summed E-state index contributed by atoms with van der Waals surface area (Å²) >= 11 is 3.31. The Morgan fingerprint density at radius 3 is 2.70 bits per heavy atom. The molecule has 3 heterocycles. The predicted molar refractivity (Wildman–Crippen MR) is 105 cm³/mol. The number of aromatic nitrogens is 6. The van der Waals surface area contributed by atoms with E-state index in [4.69, 9.17) is 5.73 Å². The summed E-state index contributed by atoms with van der Waals surface area (Å²) in [5.74, 6) is 0.332. The van der Waals surface area contributed by atoms with Crippen LogP contribution in [0.1, 0.15) is 41.1 Å². The molecule has 0 saturated heterocycles. The Morgan fingerprint density at radius 1 is 1.19 bits per heavy atom. The molecule has 0 unspecified atom stereocenters. The van der Waals surface area contributed by atoms with Crippen molar-refractivity contribution in [1.82, 2.24) is 35.3 Å². The number of nitrogens with one attached hydrogen (secondary N) is 3. The first-order valence-corrected chi connectivity index (χ1v) is 9.70. The first-order valence-electron chi connectivity index (χ1n) is 8.91. The van der Waals surface area contributed by atoms with Gasteiger partial charge in [0.25, 0.3) is 5.91 Å². The number of aryl methyl sites for hydroxylation is 2. The molecule has 0 radical (unpaired) electrons. The quantitative estimate of drug-likeness (QED) is 0.362. The zero-order valence-electron chi connectivity index (χ0n) is 14.9. The summed E-state index contributed by atoms with van der Waals surface area (Å²) in [4.78, 5) is 21.9. The second-order valence-electron chi connectivity index (χ2n) is 6.30. The van der Waals surface area contributed by atoms with Gasteiger partial charge >= 0.3 is 0 Å². The van der Waals surface area contributed by atoms with Crippen LogP contribution in [0.3, 0.4) is 0 Å². The monoisotopic (exact) mass is 434 g/mol. The number of aromatic amines is 2. The molecule has 0 aliphatic carbocycles. The van der Waals surface area contributed by atoms with Gasteiger partial charge in [0, 0.05) is 29.6 Å². The number of H-pyrrole nitrogens is 2. The highest BCUT2D eigenvalue weighted by Crippen LogP contribution is 2.10. The summed E-state index contributed by atoms with van der Waals surface area (Å²) in [6.07, 6.45) is 10.6. The molecule has 3 aromatic heterocycles. The highest BCUT2D eigenvalue weighted by molar-refractivity contribution is 9.10. The molecule has 0 aliphatic heterocycles. The van der Waals surface area contributed by atoms with E-state index in [1.807, 2.05) is 12.4 Å². The van der Waals surface area contributed by atoms with E-state index in [0.717, 1.165) is 48.0 Å². The largest absolute Gasteiger partial charge is 0.369 e. The van der Waals surface area contributed by atoms with Crippen molar-refractivity contribution >= 4 is 27.8 Å². The Morgan fingerprint density at radius 2 is 2.00 bits per heavy atom. The number of hydrogen-bond acceptors (Lipinski definition) is 5. The topological polar surface area (TPSA) is 130 Å². The maximum absolute atomic E-state index is 11.9. The normalized spacial score (nSPS) is 11.0. The van der Waals surface area contributed by atoms with Gasteiger partial charge in [0.2, 0.25) is 0 Å². The third kappa shape index (κ3) is 5.95. The van der Waals surface area contributed by atoms with Gasteiger partial charge in [-0.3, -0.25) is 9.48 Å². The van der Waals surface area contributed by atoms with E-state index >= 15 is 0 Å². The molecular formula is C17H23BrN8O. The predicted octanol–water partition coefficient (Wildman–Crippen LogP) is 2.06. The minimum Gasteiger partial charge on any atom is -0.369 e. The van der Waals surface area contributed by atoms with Gasteiger partial charge < -0.3 is 21.0 Å². The zero-order valence-corrected chi connectivity index (χ0v) is 16.5. The Kier molecular flexibility index (Phi) is 6.64. The van der Waals surface area contributed by atoms with Crippen LogP contribution in [0.4, 0.5) is 5.95 Å². The third-order valence-electron chi connectivity index (χ3n) is 4.12. The molecular weight excluding hydrogens is 412 g/mol. The fourth-order valence-electron chi connectivity index (χ4n) is 2.73. The van der Waals surface area contributed by atoms with Gasteiger partial charge in [-0.15, -0.1) is 5.10 Å². The molecule has 0 fully saturated rings. The smallest absolute Gasteiger partial charge is 0.267 e. The van der Waals surface area contributed by atoms with Gasteiger partial charge in [-0.25, -0.2) is 4.98 Å². The molecule has 10 heteroatoms. The van der Waals surface area contributed by atoms with Crippen LogP contribution in [-0.2, 0) is 19.4 Å². The molecule has 0 aromatic carbocycles. The molecule has 0 bridgehead atoms. The van der Waals surface area contributed by atoms with Crippen LogP contribution in [0.5, 0.6) is 0 Å². The second kappa shape index (κ2) is 9.36. The first kappa shape index (κ1) is 19.2. The molecule has 5 N–H and O–H groups in total. The van der Waals surface area contributed by atoms with Gasteiger partial charge in [0.1, 0.15) is 5.69 Å². The number of amides is 1. The number of nitrogens with two attached hydrogens (primary N) is 1. The number of carbonyl (C=O) groups excluding carboxylic acids is 1. The van der Waals surface area contributed by atoms with E-state index in [0.29, 0.717) is 24.7 Å². The lowest BCUT2D eigenvalue weighted by molar-refractivity contribution is 0.0947. The van der Waals surface area contributed by atoms with Crippen molar-refractivity contribution in [3.05, 3.63) is 46.2 Å². The summed E-state index contributed by atoms with van der Waals surface area (Å²) in [7, 11) is 0. The Hall–Kier alpha value is -2.62. The summed E-state index contributed by atoms with van der Waals surface area (Å²) in [5, 5.41) is 11.1. The summed E-state index contributed by atoms with van der Waals surface area (Å²) in [6, 6.07) is 1.74. The summed E-state index contributed by atoms with van der Waals surface area (Å²) in [5.41, 5.74) is 8.06. The molecule has 3 rings (SSSR count). The van der Waals surface area contributed by atoms with Gasteiger partial charge in [-0.05, 0) is 47.7 Å². The molecule has 1 amide bonds. The van der Waals surface area contributed by atoms with E-state index in [-0.39, 0.29) is 5.91 Å². The maximum Gasteiger partial charge on any atom is 0.267 e. The average Bonchev–Trinajstić information content (AvgIpc) is 3.37. The molecule has 0 spiro atoms. The Labute approximate surface area is 165 Å². The number of hydrogen-bond donors (Lipinski definition) is 4. The fourth-order valence-corrected chi connectivity index (χ4v) is 3.08. The van der Waals surface area contributed by atoms with Crippen LogP contribution < -0.4 is 11.1 Å². The third-order valence-corrected chi connectivity index (χ3v) is 4.58. The zero-order chi connectivity index (χ0) is 19.1. The number of halogens is 1. The van der Waals surface area contributed by atoms with Crippen molar-refractivity contribution in [2.45, 2.75) is 38.6 Å². The van der Waals surface area contributed by atoms with E-state index in [1.165, 1.54) is 0 Å².